The van der Waals surface area contributed by atoms with Gasteiger partial charge in [-0.3, -0.25) is 10.00 Å². The van der Waals surface area contributed by atoms with Crippen molar-refractivity contribution in [2.24, 2.45) is 0 Å². The minimum absolute atomic E-state index is 0.250. The van der Waals surface area contributed by atoms with Crippen LogP contribution in [0.1, 0.15) is 65.0 Å². The summed E-state index contributed by atoms with van der Waals surface area (Å²) in [5.74, 6) is 1.24. The zero-order chi connectivity index (χ0) is 26.9. The van der Waals surface area contributed by atoms with E-state index in [1.807, 2.05) is 17.9 Å². The summed E-state index contributed by atoms with van der Waals surface area (Å²) in [6, 6.07) is 3.43. The third kappa shape index (κ3) is 4.72. The minimum atomic E-state index is 0.250. The number of aryl methyl sites for hydroxylation is 1. The summed E-state index contributed by atoms with van der Waals surface area (Å²) >= 11 is 1.72. The third-order valence-electron chi connectivity index (χ3n) is 8.56. The molecule has 3 aromatic rings. The van der Waals surface area contributed by atoms with Crippen LogP contribution in [-0.4, -0.2) is 75.7 Å². The van der Waals surface area contributed by atoms with E-state index in [1.54, 1.807) is 11.3 Å². The van der Waals surface area contributed by atoms with Crippen molar-refractivity contribution in [2.75, 3.05) is 28.2 Å². The maximum absolute atomic E-state index is 4.79. The van der Waals surface area contributed by atoms with Crippen LogP contribution in [0.2, 0.25) is 0 Å². The van der Waals surface area contributed by atoms with Crippen molar-refractivity contribution in [1.29, 1.82) is 0 Å². The summed E-state index contributed by atoms with van der Waals surface area (Å²) in [6.45, 7) is 11.5. The van der Waals surface area contributed by atoms with Crippen molar-refractivity contribution in [3.63, 3.8) is 0 Å². The van der Waals surface area contributed by atoms with Crippen LogP contribution in [0.5, 0.6) is 0 Å². The highest BCUT2D eigenvalue weighted by molar-refractivity contribution is 7.17. The molecule has 0 aliphatic carbocycles. The number of H-pyrrole nitrogens is 1. The van der Waals surface area contributed by atoms with Gasteiger partial charge in [-0.1, -0.05) is 33.3 Å². The fraction of sp³-hybridized carbons (Fsp3) is 0.533. The molecule has 200 valence electrons. The van der Waals surface area contributed by atoms with Crippen LogP contribution in [0.3, 0.4) is 0 Å². The molecule has 1 aliphatic rings. The average Bonchev–Trinajstić information content (AvgIpc) is 3.38. The van der Waals surface area contributed by atoms with E-state index in [1.165, 1.54) is 45.6 Å². The molecule has 1 saturated heterocycles. The summed E-state index contributed by atoms with van der Waals surface area (Å²) in [5, 5.41) is 7.15. The number of nitrogens with one attached hydrogen (secondary N) is 1. The predicted molar refractivity (Wildman–Crippen MR) is 159 cm³/mol. The number of rotatable bonds is 11. The smallest absolute Gasteiger partial charge is 0.103 e. The number of thiazole rings is 1. The van der Waals surface area contributed by atoms with Crippen LogP contribution >= 0.6 is 11.3 Å². The van der Waals surface area contributed by atoms with E-state index in [0.717, 1.165) is 23.9 Å². The van der Waals surface area contributed by atoms with Crippen molar-refractivity contribution in [3.8, 4) is 11.1 Å². The van der Waals surface area contributed by atoms with Gasteiger partial charge in [0, 0.05) is 50.6 Å². The molecule has 1 aliphatic heterocycles. The Hall–Kier alpha value is -2.64. The number of likely N-dealkylation sites (N-methyl/N-ethyl adjacent to an activating group) is 2. The van der Waals surface area contributed by atoms with Crippen molar-refractivity contribution in [1.82, 2.24) is 29.9 Å². The molecular formula is C30H44N6S. The maximum atomic E-state index is 4.79. The molecular weight excluding hydrogens is 476 g/mol. The Morgan fingerprint density at radius 3 is 2.51 bits per heavy atom. The zero-order valence-electron chi connectivity index (χ0n) is 24.1. The Labute approximate surface area is 227 Å². The van der Waals surface area contributed by atoms with Crippen molar-refractivity contribution < 1.29 is 0 Å². The van der Waals surface area contributed by atoms with Gasteiger partial charge in [-0.25, -0.2) is 4.98 Å². The first-order valence-electron chi connectivity index (χ1n) is 13.6. The highest BCUT2D eigenvalue weighted by atomic mass is 32.1. The van der Waals surface area contributed by atoms with E-state index in [-0.39, 0.29) is 5.54 Å². The van der Waals surface area contributed by atoms with Crippen LogP contribution in [0.4, 0.5) is 0 Å². The van der Waals surface area contributed by atoms with Gasteiger partial charge in [-0.2, -0.15) is 5.10 Å². The summed E-state index contributed by atoms with van der Waals surface area (Å²) in [5.41, 5.74) is 9.40. The summed E-state index contributed by atoms with van der Waals surface area (Å²) in [7, 11) is 8.87. The van der Waals surface area contributed by atoms with Gasteiger partial charge in [0.05, 0.1) is 27.5 Å². The topological polar surface area (TPSA) is 51.1 Å². The van der Waals surface area contributed by atoms with E-state index in [2.05, 4.69) is 106 Å². The van der Waals surface area contributed by atoms with Crippen LogP contribution in [0.15, 0.2) is 41.9 Å². The summed E-state index contributed by atoms with van der Waals surface area (Å²) < 4.78 is 1.23. The Bertz CT molecular complexity index is 1260. The monoisotopic (exact) mass is 520 g/mol. The molecule has 1 fully saturated rings. The minimum Gasteiger partial charge on any atom is -0.364 e. The number of allylic oxidation sites excluding steroid dienone is 3. The molecule has 0 amide bonds. The van der Waals surface area contributed by atoms with Gasteiger partial charge < -0.3 is 9.80 Å². The van der Waals surface area contributed by atoms with Gasteiger partial charge >= 0.3 is 0 Å². The first-order chi connectivity index (χ1) is 17.7. The Morgan fingerprint density at radius 2 is 1.97 bits per heavy atom. The molecule has 4 atom stereocenters. The number of benzene rings is 1. The number of hydrogen-bond donors (Lipinski definition) is 1. The van der Waals surface area contributed by atoms with Crippen LogP contribution in [0, 0.1) is 0 Å². The normalized spacial score (nSPS) is 22.9. The number of aromatic nitrogens is 3. The molecule has 6 nitrogen and oxygen atoms in total. The molecule has 0 bridgehead atoms. The Kier molecular flexibility index (Phi) is 8.14. The molecule has 4 unspecified atom stereocenters. The summed E-state index contributed by atoms with van der Waals surface area (Å²) in [6.07, 6.45) is 12.9. The molecule has 37 heavy (non-hydrogen) atoms. The third-order valence-corrected chi connectivity index (χ3v) is 9.42. The molecule has 1 aromatic carbocycles. The van der Waals surface area contributed by atoms with Crippen molar-refractivity contribution in [2.45, 2.75) is 77.9 Å². The molecule has 0 spiro atoms. The molecule has 2 aromatic heterocycles. The fourth-order valence-electron chi connectivity index (χ4n) is 6.50. The number of fused-ring (bicyclic) bond motifs is 1. The van der Waals surface area contributed by atoms with E-state index in [4.69, 9.17) is 4.98 Å². The van der Waals surface area contributed by atoms with Crippen LogP contribution in [0.25, 0.3) is 26.9 Å². The number of hydrogen-bond acceptors (Lipinski definition) is 6. The second-order valence-electron chi connectivity index (χ2n) is 10.7. The lowest BCUT2D eigenvalue weighted by molar-refractivity contribution is 0.160. The number of aromatic amines is 1. The molecule has 1 N–H and O–H groups in total. The van der Waals surface area contributed by atoms with E-state index >= 15 is 0 Å². The highest BCUT2D eigenvalue weighted by Gasteiger charge is 2.61. The first-order valence-corrected chi connectivity index (χ1v) is 14.5. The molecule has 0 saturated carbocycles. The lowest BCUT2D eigenvalue weighted by atomic mass is 9.88. The fourth-order valence-corrected chi connectivity index (χ4v) is 7.37. The highest BCUT2D eigenvalue weighted by Crippen LogP contribution is 2.49. The SMILES string of the molecule is CCCC1(C(CC)N(C)/C(=C/C=C(\C)c2cc(CC)c(-c3cn[nH]c3)c3ncsc23)N(C)C)C(C)N1C. The average molecular weight is 521 g/mol. The lowest BCUT2D eigenvalue weighted by Crippen LogP contribution is -2.47. The van der Waals surface area contributed by atoms with Crippen LogP contribution in [-0.2, 0) is 6.42 Å². The van der Waals surface area contributed by atoms with Gasteiger partial charge in [-0.15, -0.1) is 11.3 Å². The molecule has 4 rings (SSSR count). The van der Waals surface area contributed by atoms with Crippen molar-refractivity contribution >= 4 is 27.1 Å². The first kappa shape index (κ1) is 27.4. The second kappa shape index (κ2) is 11.0. The van der Waals surface area contributed by atoms with E-state index in [0.29, 0.717) is 12.1 Å². The maximum Gasteiger partial charge on any atom is 0.103 e. The van der Waals surface area contributed by atoms with Gasteiger partial charge in [0.1, 0.15) is 5.82 Å². The molecule has 7 heteroatoms. The quantitative estimate of drug-likeness (QED) is 0.227. The largest absolute Gasteiger partial charge is 0.364 e. The van der Waals surface area contributed by atoms with Gasteiger partial charge in [0.25, 0.3) is 0 Å². The van der Waals surface area contributed by atoms with Gasteiger partial charge in [0.2, 0.25) is 0 Å². The Balaban J connectivity index is 1.74. The summed E-state index contributed by atoms with van der Waals surface area (Å²) in [4.78, 5) is 12.1. The second-order valence-corrected chi connectivity index (χ2v) is 11.5. The van der Waals surface area contributed by atoms with Gasteiger partial charge in [0.15, 0.2) is 0 Å². The predicted octanol–water partition coefficient (Wildman–Crippen LogP) is 6.64. The van der Waals surface area contributed by atoms with Crippen LogP contribution < -0.4 is 0 Å². The van der Waals surface area contributed by atoms with E-state index < -0.39 is 0 Å². The van der Waals surface area contributed by atoms with Gasteiger partial charge in [-0.05, 0) is 69.0 Å². The Morgan fingerprint density at radius 1 is 1.24 bits per heavy atom. The standard InChI is InChI=1S/C30H44N6S/c1-10-15-30(21(5)36(30)9)25(12-3)35(8)26(34(6)7)14-13-20(4)24-16-22(11-2)27(23-17-32-33-18-23)28-29(24)37-19-31-28/h13-14,16-19,21,25H,10-12,15H2,1-9H3,(H,32,33)/b20-13+,26-14+. The number of nitrogens with zero attached hydrogens (tertiary/aromatic N) is 5. The lowest BCUT2D eigenvalue weighted by Gasteiger charge is -2.40. The van der Waals surface area contributed by atoms with Crippen molar-refractivity contribution in [3.05, 3.63) is 53.1 Å². The van der Waals surface area contributed by atoms with E-state index in [9.17, 15) is 0 Å². The zero-order valence-corrected chi connectivity index (χ0v) is 24.9. The molecule has 0 radical (unpaired) electrons. The molecule has 3 heterocycles.